The van der Waals surface area contributed by atoms with Gasteiger partial charge in [-0.3, -0.25) is 0 Å². The number of carbonyl (C=O) groups is 2. The Kier molecular flexibility index (Phi) is 5.60. The lowest BCUT2D eigenvalue weighted by atomic mass is 10.0. The quantitative estimate of drug-likeness (QED) is 0.620. The van der Waals surface area contributed by atoms with E-state index in [2.05, 4.69) is 10.6 Å². The molecular formula is C13H24N2O4. The fourth-order valence-corrected chi connectivity index (χ4v) is 1.98. The molecule has 1 unspecified atom stereocenters. The van der Waals surface area contributed by atoms with Gasteiger partial charge in [0.1, 0.15) is 6.04 Å². The lowest BCUT2D eigenvalue weighted by Crippen LogP contribution is -2.49. The van der Waals surface area contributed by atoms with Gasteiger partial charge in [-0.2, -0.15) is 0 Å². The third-order valence-electron chi connectivity index (χ3n) is 3.64. The fraction of sp³-hybridized carbons (Fsp3) is 0.846. The molecule has 0 bridgehead atoms. The average Bonchev–Trinajstić information content (AvgIpc) is 3.11. The summed E-state index contributed by atoms with van der Waals surface area (Å²) in [5.74, 6) is -1.16. The van der Waals surface area contributed by atoms with Gasteiger partial charge in [0.25, 0.3) is 0 Å². The first kappa shape index (κ1) is 15.8. The van der Waals surface area contributed by atoms with Gasteiger partial charge in [-0.05, 0) is 30.6 Å². The number of hydrogen-bond acceptors (Lipinski definition) is 3. The maximum atomic E-state index is 11.7. The Balaban J connectivity index is 2.33. The van der Waals surface area contributed by atoms with E-state index in [-0.39, 0.29) is 11.3 Å². The maximum absolute atomic E-state index is 11.7. The summed E-state index contributed by atoms with van der Waals surface area (Å²) in [6.07, 6.45) is 3.10. The lowest BCUT2D eigenvalue weighted by molar-refractivity contribution is -0.140. The van der Waals surface area contributed by atoms with E-state index in [9.17, 15) is 9.59 Å². The van der Waals surface area contributed by atoms with Crippen molar-refractivity contribution in [3.05, 3.63) is 0 Å². The summed E-state index contributed by atoms with van der Waals surface area (Å²) in [4.78, 5) is 22.7. The number of methoxy groups -OCH3 is 1. The normalized spacial score (nSPS) is 17.9. The molecule has 1 saturated carbocycles. The van der Waals surface area contributed by atoms with E-state index in [1.54, 1.807) is 21.0 Å². The van der Waals surface area contributed by atoms with E-state index < -0.39 is 18.0 Å². The largest absolute Gasteiger partial charge is 0.480 e. The average molecular weight is 272 g/mol. The zero-order chi connectivity index (χ0) is 14.5. The molecule has 1 fully saturated rings. The van der Waals surface area contributed by atoms with Gasteiger partial charge in [0, 0.05) is 20.3 Å². The Morgan fingerprint density at radius 2 is 2.00 bits per heavy atom. The molecule has 6 nitrogen and oxygen atoms in total. The van der Waals surface area contributed by atoms with E-state index in [1.165, 1.54) is 0 Å². The summed E-state index contributed by atoms with van der Waals surface area (Å²) in [7, 11) is 1.66. The molecule has 3 N–H and O–H groups in total. The summed E-state index contributed by atoms with van der Waals surface area (Å²) in [6.45, 7) is 4.79. The van der Waals surface area contributed by atoms with Gasteiger partial charge in [0.05, 0.1) is 0 Å². The monoisotopic (exact) mass is 272 g/mol. The zero-order valence-corrected chi connectivity index (χ0v) is 11.9. The molecule has 6 heteroatoms. The van der Waals surface area contributed by atoms with Crippen molar-refractivity contribution in [2.24, 2.45) is 11.3 Å². The summed E-state index contributed by atoms with van der Waals surface area (Å²) in [5.41, 5.74) is 0.157. The Hall–Kier alpha value is -1.30. The number of carboxylic acids is 1. The second-order valence-electron chi connectivity index (χ2n) is 5.63. The third-order valence-corrected chi connectivity index (χ3v) is 3.64. The molecule has 110 valence electrons. The first-order chi connectivity index (χ1) is 8.90. The van der Waals surface area contributed by atoms with Crippen LogP contribution in [0.3, 0.4) is 0 Å². The maximum Gasteiger partial charge on any atom is 0.326 e. The van der Waals surface area contributed by atoms with Crippen molar-refractivity contribution in [2.75, 3.05) is 20.3 Å². The number of carboxylic acid groups (broad SMARTS) is 1. The highest BCUT2D eigenvalue weighted by Gasteiger charge is 2.42. The number of carbonyl (C=O) groups excluding carboxylic acids is 1. The van der Waals surface area contributed by atoms with E-state index in [0.717, 1.165) is 19.3 Å². The van der Waals surface area contributed by atoms with Crippen molar-refractivity contribution in [2.45, 2.75) is 39.2 Å². The number of hydrogen-bond donors (Lipinski definition) is 3. The van der Waals surface area contributed by atoms with Crippen LogP contribution in [0.5, 0.6) is 0 Å². The summed E-state index contributed by atoms with van der Waals surface area (Å²) in [5, 5.41) is 14.2. The molecule has 1 aliphatic rings. The standard InChI is InChI=1S/C13H24N2O4/c1-9(2)10(11(16)17)15-12(18)14-8-13(4-5-13)6-7-19-3/h9-10H,4-8H2,1-3H3,(H,16,17)(H2,14,15,18). The molecule has 0 aliphatic heterocycles. The molecule has 0 aromatic carbocycles. The van der Waals surface area contributed by atoms with E-state index in [1.807, 2.05) is 0 Å². The molecule has 1 aliphatic carbocycles. The number of nitrogens with one attached hydrogen (secondary N) is 2. The molecule has 0 radical (unpaired) electrons. The number of amides is 2. The van der Waals surface area contributed by atoms with Crippen molar-refractivity contribution < 1.29 is 19.4 Å². The smallest absolute Gasteiger partial charge is 0.326 e. The molecule has 0 saturated heterocycles. The molecule has 19 heavy (non-hydrogen) atoms. The van der Waals surface area contributed by atoms with E-state index in [0.29, 0.717) is 13.2 Å². The van der Waals surface area contributed by atoms with Crippen LogP contribution in [0.25, 0.3) is 0 Å². The van der Waals surface area contributed by atoms with Crippen molar-refractivity contribution in [3.63, 3.8) is 0 Å². The van der Waals surface area contributed by atoms with Crippen LogP contribution in [0.2, 0.25) is 0 Å². The fourth-order valence-electron chi connectivity index (χ4n) is 1.98. The molecule has 0 aromatic heterocycles. The van der Waals surface area contributed by atoms with Crippen LogP contribution in [0.1, 0.15) is 33.1 Å². The zero-order valence-electron chi connectivity index (χ0n) is 11.9. The molecule has 0 spiro atoms. The Morgan fingerprint density at radius 3 is 2.42 bits per heavy atom. The number of aliphatic carboxylic acids is 1. The van der Waals surface area contributed by atoms with Crippen molar-refractivity contribution in [1.82, 2.24) is 10.6 Å². The highest BCUT2D eigenvalue weighted by molar-refractivity contribution is 5.82. The van der Waals surface area contributed by atoms with Crippen LogP contribution >= 0.6 is 0 Å². The van der Waals surface area contributed by atoms with Crippen LogP contribution < -0.4 is 10.6 Å². The Morgan fingerprint density at radius 1 is 1.37 bits per heavy atom. The number of ether oxygens (including phenoxy) is 1. The second-order valence-corrected chi connectivity index (χ2v) is 5.63. The van der Waals surface area contributed by atoms with E-state index in [4.69, 9.17) is 9.84 Å². The van der Waals surface area contributed by atoms with Gasteiger partial charge in [-0.25, -0.2) is 9.59 Å². The number of rotatable bonds is 8. The molecular weight excluding hydrogens is 248 g/mol. The topological polar surface area (TPSA) is 87.7 Å². The van der Waals surface area contributed by atoms with Gasteiger partial charge < -0.3 is 20.5 Å². The Labute approximate surface area is 113 Å². The summed E-state index contributed by atoms with van der Waals surface area (Å²) in [6, 6.07) is -1.26. The van der Waals surface area contributed by atoms with Crippen LogP contribution in [-0.4, -0.2) is 43.4 Å². The van der Waals surface area contributed by atoms with Crippen LogP contribution in [0.15, 0.2) is 0 Å². The lowest BCUT2D eigenvalue weighted by Gasteiger charge is -2.20. The molecule has 1 atom stereocenters. The van der Waals surface area contributed by atoms with Gasteiger partial charge in [-0.15, -0.1) is 0 Å². The molecule has 0 heterocycles. The molecule has 1 rings (SSSR count). The van der Waals surface area contributed by atoms with Gasteiger partial charge >= 0.3 is 12.0 Å². The highest BCUT2D eigenvalue weighted by atomic mass is 16.5. The third kappa shape index (κ3) is 5.06. The van der Waals surface area contributed by atoms with Crippen LogP contribution in [0.4, 0.5) is 4.79 Å². The Bertz CT molecular complexity index is 327. The second kappa shape index (κ2) is 6.75. The minimum Gasteiger partial charge on any atom is -0.480 e. The molecule has 0 aromatic rings. The predicted octanol–water partition coefficient (Wildman–Crippen LogP) is 1.21. The van der Waals surface area contributed by atoms with Gasteiger partial charge in [0.2, 0.25) is 0 Å². The van der Waals surface area contributed by atoms with E-state index >= 15 is 0 Å². The minimum atomic E-state index is -1.01. The molecule has 2 amide bonds. The summed E-state index contributed by atoms with van der Waals surface area (Å²) >= 11 is 0. The summed E-state index contributed by atoms with van der Waals surface area (Å²) < 4.78 is 5.05. The van der Waals surface area contributed by atoms with Gasteiger partial charge in [0.15, 0.2) is 0 Å². The SMILES string of the molecule is COCCC1(CNC(=O)NC(C(=O)O)C(C)C)CC1. The van der Waals surface area contributed by atoms with Crippen molar-refractivity contribution in [1.29, 1.82) is 0 Å². The van der Waals surface area contributed by atoms with Gasteiger partial charge in [-0.1, -0.05) is 13.8 Å². The number of urea groups is 1. The first-order valence-corrected chi connectivity index (χ1v) is 6.66. The minimum absolute atomic E-state index is 0.147. The van der Waals surface area contributed by atoms with Crippen molar-refractivity contribution >= 4 is 12.0 Å². The predicted molar refractivity (Wildman–Crippen MR) is 71.0 cm³/mol. The first-order valence-electron chi connectivity index (χ1n) is 6.66. The van der Waals surface area contributed by atoms with Crippen molar-refractivity contribution in [3.8, 4) is 0 Å². The van der Waals surface area contributed by atoms with Crippen LogP contribution in [0, 0.1) is 11.3 Å². The van der Waals surface area contributed by atoms with Crippen LogP contribution in [-0.2, 0) is 9.53 Å². The highest BCUT2D eigenvalue weighted by Crippen LogP contribution is 2.48.